The van der Waals surface area contributed by atoms with E-state index in [-0.39, 0.29) is 18.4 Å². The standard InChI is InChI=1S/C24H31N3O4/c1-24(2)17-31-21-15-18(7-8-20(21)30-4)16-27(14-6-5-13-26(3)23(24)29)22(28)19-9-11-25-12-10-19/h7-12,15H,5-6,13-14,16-17H2,1-4H3. The first-order chi connectivity index (χ1) is 14.8. The lowest BCUT2D eigenvalue weighted by molar-refractivity contribution is -0.140. The maximum absolute atomic E-state index is 13.1. The van der Waals surface area contributed by atoms with Crippen LogP contribution in [0.1, 0.15) is 42.6 Å². The van der Waals surface area contributed by atoms with Crippen molar-refractivity contribution in [3.8, 4) is 11.5 Å². The highest BCUT2D eigenvalue weighted by atomic mass is 16.5. The number of methoxy groups -OCH3 is 1. The summed E-state index contributed by atoms with van der Waals surface area (Å²) in [5.74, 6) is 1.15. The molecule has 1 aliphatic heterocycles. The number of hydrogen-bond acceptors (Lipinski definition) is 5. The van der Waals surface area contributed by atoms with Gasteiger partial charge < -0.3 is 19.3 Å². The number of benzene rings is 1. The van der Waals surface area contributed by atoms with Gasteiger partial charge in [0.25, 0.3) is 5.91 Å². The third kappa shape index (κ3) is 5.54. The van der Waals surface area contributed by atoms with Crippen LogP contribution in [0.15, 0.2) is 42.7 Å². The van der Waals surface area contributed by atoms with Gasteiger partial charge in [-0.2, -0.15) is 0 Å². The molecule has 0 fully saturated rings. The largest absolute Gasteiger partial charge is 0.493 e. The van der Waals surface area contributed by atoms with E-state index >= 15 is 0 Å². The number of ether oxygens (including phenoxy) is 2. The average Bonchev–Trinajstić information content (AvgIpc) is 2.78. The first kappa shape index (κ1) is 22.6. The molecular formula is C24H31N3O4. The third-order valence-corrected chi connectivity index (χ3v) is 5.50. The lowest BCUT2D eigenvalue weighted by atomic mass is 9.92. The van der Waals surface area contributed by atoms with Gasteiger partial charge in [0, 0.05) is 44.6 Å². The van der Waals surface area contributed by atoms with E-state index in [9.17, 15) is 9.59 Å². The molecule has 3 rings (SSSR count). The third-order valence-electron chi connectivity index (χ3n) is 5.50. The summed E-state index contributed by atoms with van der Waals surface area (Å²) in [4.78, 5) is 33.6. The van der Waals surface area contributed by atoms with Gasteiger partial charge in [0.05, 0.1) is 12.5 Å². The Labute approximate surface area is 184 Å². The highest BCUT2D eigenvalue weighted by molar-refractivity contribution is 5.94. The van der Waals surface area contributed by atoms with Crippen molar-refractivity contribution >= 4 is 11.8 Å². The van der Waals surface area contributed by atoms with Crippen molar-refractivity contribution in [2.24, 2.45) is 5.41 Å². The van der Waals surface area contributed by atoms with Crippen molar-refractivity contribution in [2.45, 2.75) is 33.2 Å². The van der Waals surface area contributed by atoms with Crippen LogP contribution in [-0.2, 0) is 11.3 Å². The molecule has 1 aliphatic rings. The predicted molar refractivity (Wildman–Crippen MR) is 118 cm³/mol. The monoisotopic (exact) mass is 425 g/mol. The molecule has 0 spiro atoms. The number of hydrogen-bond donors (Lipinski definition) is 0. The zero-order valence-corrected chi connectivity index (χ0v) is 18.8. The molecule has 0 atom stereocenters. The van der Waals surface area contributed by atoms with Crippen LogP contribution in [0.25, 0.3) is 0 Å². The highest BCUT2D eigenvalue weighted by Crippen LogP contribution is 2.31. The normalized spacial score (nSPS) is 17.5. The Bertz CT molecular complexity index is 914. The number of aromatic nitrogens is 1. The molecule has 7 heteroatoms. The lowest BCUT2D eigenvalue weighted by Gasteiger charge is -2.30. The number of amides is 2. The second-order valence-electron chi connectivity index (χ2n) is 8.55. The second-order valence-corrected chi connectivity index (χ2v) is 8.55. The summed E-state index contributed by atoms with van der Waals surface area (Å²) in [6.45, 7) is 5.70. The molecular weight excluding hydrogens is 394 g/mol. The van der Waals surface area contributed by atoms with Gasteiger partial charge >= 0.3 is 0 Å². The Morgan fingerprint density at radius 2 is 1.84 bits per heavy atom. The maximum atomic E-state index is 13.1. The van der Waals surface area contributed by atoms with Gasteiger partial charge in [-0.1, -0.05) is 6.07 Å². The SMILES string of the molecule is COc1ccc2cc1OCC(C)(C)C(=O)N(C)CCCCN(C(=O)c1ccncc1)C2. The van der Waals surface area contributed by atoms with E-state index in [0.29, 0.717) is 36.7 Å². The fourth-order valence-electron chi connectivity index (χ4n) is 3.67. The van der Waals surface area contributed by atoms with Crippen LogP contribution >= 0.6 is 0 Å². The van der Waals surface area contributed by atoms with Gasteiger partial charge in [0.1, 0.15) is 6.61 Å². The van der Waals surface area contributed by atoms with Crippen LogP contribution in [0.3, 0.4) is 0 Å². The second kappa shape index (κ2) is 9.81. The summed E-state index contributed by atoms with van der Waals surface area (Å²) in [6.07, 6.45) is 4.86. The van der Waals surface area contributed by atoms with Crippen LogP contribution in [0.4, 0.5) is 0 Å². The Hall–Kier alpha value is -3.09. The fourth-order valence-corrected chi connectivity index (χ4v) is 3.67. The number of rotatable bonds is 2. The molecule has 7 nitrogen and oxygen atoms in total. The van der Waals surface area contributed by atoms with Gasteiger partial charge in [-0.15, -0.1) is 0 Å². The summed E-state index contributed by atoms with van der Waals surface area (Å²) in [7, 11) is 3.40. The van der Waals surface area contributed by atoms with Crippen LogP contribution in [0.5, 0.6) is 11.5 Å². The fraction of sp³-hybridized carbons (Fsp3) is 0.458. The zero-order valence-electron chi connectivity index (χ0n) is 18.8. The number of carbonyl (C=O) groups excluding carboxylic acids is 2. The molecule has 31 heavy (non-hydrogen) atoms. The zero-order chi connectivity index (χ0) is 22.4. The predicted octanol–water partition coefficient (Wildman–Crippen LogP) is 3.39. The quantitative estimate of drug-likeness (QED) is 0.738. The Morgan fingerprint density at radius 1 is 1.13 bits per heavy atom. The van der Waals surface area contributed by atoms with E-state index in [4.69, 9.17) is 9.47 Å². The van der Waals surface area contributed by atoms with Gasteiger partial charge in [-0.05, 0) is 56.5 Å². The minimum atomic E-state index is -0.663. The molecule has 2 amide bonds. The first-order valence-electron chi connectivity index (χ1n) is 10.6. The molecule has 166 valence electrons. The molecule has 0 aliphatic carbocycles. The lowest BCUT2D eigenvalue weighted by Crippen LogP contribution is -2.42. The van der Waals surface area contributed by atoms with Gasteiger partial charge in [0.15, 0.2) is 11.5 Å². The van der Waals surface area contributed by atoms with Crippen molar-refractivity contribution in [1.29, 1.82) is 0 Å². The first-order valence-corrected chi connectivity index (χ1v) is 10.6. The molecule has 1 aromatic carbocycles. The van der Waals surface area contributed by atoms with Crippen molar-refractivity contribution in [3.05, 3.63) is 53.9 Å². The minimum absolute atomic E-state index is 0.0319. The van der Waals surface area contributed by atoms with Crippen LogP contribution in [-0.4, -0.2) is 60.5 Å². The summed E-state index contributed by atoms with van der Waals surface area (Å²) >= 11 is 0. The average molecular weight is 426 g/mol. The summed E-state index contributed by atoms with van der Waals surface area (Å²) in [6, 6.07) is 9.12. The molecule has 0 unspecified atom stereocenters. The van der Waals surface area contributed by atoms with Crippen LogP contribution in [0, 0.1) is 5.41 Å². The van der Waals surface area contributed by atoms with Crippen molar-refractivity contribution < 1.29 is 19.1 Å². The molecule has 0 saturated heterocycles. The topological polar surface area (TPSA) is 72.0 Å². The van der Waals surface area contributed by atoms with Crippen molar-refractivity contribution in [3.63, 3.8) is 0 Å². The van der Waals surface area contributed by atoms with E-state index in [2.05, 4.69) is 4.98 Å². The van der Waals surface area contributed by atoms with Gasteiger partial charge in [-0.3, -0.25) is 14.6 Å². The van der Waals surface area contributed by atoms with Crippen molar-refractivity contribution in [1.82, 2.24) is 14.8 Å². The molecule has 0 radical (unpaired) electrons. The van der Waals surface area contributed by atoms with E-state index in [0.717, 1.165) is 18.4 Å². The molecule has 2 aromatic rings. The Morgan fingerprint density at radius 3 is 2.55 bits per heavy atom. The van der Waals surface area contributed by atoms with Gasteiger partial charge in [-0.25, -0.2) is 0 Å². The van der Waals surface area contributed by atoms with Crippen LogP contribution in [0.2, 0.25) is 0 Å². The number of nitrogens with zero attached hydrogens (tertiary/aromatic N) is 3. The van der Waals surface area contributed by atoms with E-state index < -0.39 is 5.41 Å². The maximum Gasteiger partial charge on any atom is 0.254 e. The molecule has 0 saturated carbocycles. The van der Waals surface area contributed by atoms with Gasteiger partial charge in [0.2, 0.25) is 5.91 Å². The smallest absolute Gasteiger partial charge is 0.254 e. The minimum Gasteiger partial charge on any atom is -0.493 e. The van der Waals surface area contributed by atoms with E-state index in [1.54, 1.807) is 36.5 Å². The van der Waals surface area contributed by atoms with Crippen LogP contribution < -0.4 is 9.47 Å². The molecule has 2 heterocycles. The molecule has 2 bridgehead atoms. The van der Waals surface area contributed by atoms with E-state index in [1.165, 1.54) is 0 Å². The van der Waals surface area contributed by atoms with Crippen molar-refractivity contribution in [2.75, 3.05) is 33.9 Å². The summed E-state index contributed by atoms with van der Waals surface area (Å²) in [5, 5.41) is 0. The Kier molecular flexibility index (Phi) is 7.15. The van der Waals surface area contributed by atoms with E-state index in [1.807, 2.05) is 44.0 Å². The number of pyridine rings is 1. The summed E-state index contributed by atoms with van der Waals surface area (Å²) in [5.41, 5.74) is 0.884. The summed E-state index contributed by atoms with van der Waals surface area (Å²) < 4.78 is 11.5. The molecule has 1 aromatic heterocycles. The molecule has 0 N–H and O–H groups in total. The number of fused-ring (bicyclic) bond motifs is 2. The Balaban J connectivity index is 1.92. The highest BCUT2D eigenvalue weighted by Gasteiger charge is 2.32. The number of carbonyl (C=O) groups is 2.